The van der Waals surface area contributed by atoms with Crippen molar-refractivity contribution in [2.24, 2.45) is 0 Å². The average Bonchev–Trinajstić information content (AvgIpc) is 2.90. The molecule has 1 atom stereocenters. The van der Waals surface area contributed by atoms with Gasteiger partial charge in [0.2, 0.25) is 5.91 Å². The van der Waals surface area contributed by atoms with Crippen LogP contribution in [0.4, 0.5) is 0 Å². The van der Waals surface area contributed by atoms with Crippen LogP contribution in [0, 0.1) is 0 Å². The van der Waals surface area contributed by atoms with Crippen molar-refractivity contribution in [3.8, 4) is 0 Å². The molecule has 44 heavy (non-hydrogen) atoms. The van der Waals surface area contributed by atoms with Crippen molar-refractivity contribution in [1.82, 2.24) is 25.3 Å². The summed E-state index contributed by atoms with van der Waals surface area (Å²) in [5.74, 6) is -0.598. The molecule has 0 spiro atoms. The fourth-order valence-electron chi connectivity index (χ4n) is 5.28. The average molecular weight is 612 g/mol. The van der Waals surface area contributed by atoms with Gasteiger partial charge in [-0.1, -0.05) is 42.5 Å². The van der Waals surface area contributed by atoms with Gasteiger partial charge in [0.25, 0.3) is 0 Å². The summed E-state index contributed by atoms with van der Waals surface area (Å²) in [5.41, 5.74) is -0.0287. The van der Waals surface area contributed by atoms with Gasteiger partial charge in [0.15, 0.2) is 0 Å². The van der Waals surface area contributed by atoms with Crippen LogP contribution in [0.3, 0.4) is 0 Å². The first-order valence-corrected chi connectivity index (χ1v) is 15.8. The van der Waals surface area contributed by atoms with Crippen LogP contribution in [0.5, 0.6) is 0 Å². The Morgan fingerprint density at radius 3 is 1.73 bits per heavy atom. The molecule has 2 N–H and O–H groups in total. The molecule has 1 heterocycles. The summed E-state index contributed by atoms with van der Waals surface area (Å²) in [6.45, 7) is 18.8. The number of carbonyl (C=O) groups is 3. The summed E-state index contributed by atoms with van der Waals surface area (Å²) >= 11 is 0. The Morgan fingerprint density at radius 2 is 1.20 bits per heavy atom. The maximum absolute atomic E-state index is 13.4. The van der Waals surface area contributed by atoms with Crippen molar-refractivity contribution >= 4 is 28.6 Å². The van der Waals surface area contributed by atoms with E-state index in [1.54, 1.807) is 0 Å². The number of benzene rings is 2. The predicted octanol–water partition coefficient (Wildman–Crippen LogP) is 3.21. The van der Waals surface area contributed by atoms with Gasteiger partial charge in [0.1, 0.15) is 11.2 Å². The van der Waals surface area contributed by atoms with E-state index in [2.05, 4.69) is 49.6 Å². The van der Waals surface area contributed by atoms with Crippen molar-refractivity contribution in [1.29, 1.82) is 0 Å². The van der Waals surface area contributed by atoms with Gasteiger partial charge in [-0.25, -0.2) is 0 Å². The van der Waals surface area contributed by atoms with E-state index >= 15 is 0 Å². The van der Waals surface area contributed by atoms with Gasteiger partial charge in [-0.15, -0.1) is 0 Å². The Kier molecular flexibility index (Phi) is 13.1. The molecule has 0 bridgehead atoms. The number of carbonyl (C=O) groups excluding carboxylic acids is 3. The molecule has 0 aliphatic carbocycles. The van der Waals surface area contributed by atoms with Crippen LogP contribution in [0.25, 0.3) is 10.8 Å². The summed E-state index contributed by atoms with van der Waals surface area (Å²) in [4.78, 5) is 44.9. The zero-order chi connectivity index (χ0) is 32.3. The van der Waals surface area contributed by atoms with E-state index in [-0.39, 0.29) is 43.5 Å². The largest absolute Gasteiger partial charge is 0.459 e. The molecule has 3 rings (SSSR count). The quantitative estimate of drug-likeness (QED) is 0.436. The second-order valence-electron chi connectivity index (χ2n) is 13.6. The van der Waals surface area contributed by atoms with Gasteiger partial charge in [-0.2, -0.15) is 0 Å². The third-order valence-electron chi connectivity index (χ3n) is 7.25. The van der Waals surface area contributed by atoms with Crippen molar-refractivity contribution in [3.63, 3.8) is 0 Å². The fraction of sp³-hybridized carbons (Fsp3) is 0.618. The highest BCUT2D eigenvalue weighted by Gasteiger charge is 2.23. The van der Waals surface area contributed by atoms with Crippen LogP contribution in [0.15, 0.2) is 42.5 Å². The maximum atomic E-state index is 13.4. The first kappa shape index (κ1) is 35.4. The monoisotopic (exact) mass is 611 g/mol. The highest BCUT2D eigenvalue weighted by Crippen LogP contribution is 2.24. The van der Waals surface area contributed by atoms with Crippen molar-refractivity contribution in [2.75, 3.05) is 72.0 Å². The number of nitrogens with one attached hydrogen (secondary N) is 2. The van der Waals surface area contributed by atoms with Crippen molar-refractivity contribution < 1.29 is 23.9 Å². The third kappa shape index (κ3) is 12.9. The molecule has 2 aromatic rings. The molecular weight excluding hydrogens is 558 g/mol. The van der Waals surface area contributed by atoms with Crippen LogP contribution < -0.4 is 10.6 Å². The highest BCUT2D eigenvalue weighted by atomic mass is 16.6. The smallest absolute Gasteiger partial charge is 0.320 e. The Hall–Kier alpha value is -3.05. The normalized spacial score (nSPS) is 17.7. The number of rotatable bonds is 8. The molecule has 244 valence electrons. The minimum absolute atomic E-state index is 0.0726. The van der Waals surface area contributed by atoms with Crippen LogP contribution >= 0.6 is 0 Å². The number of ether oxygens (including phenoxy) is 2. The van der Waals surface area contributed by atoms with E-state index in [4.69, 9.17) is 9.47 Å². The summed E-state index contributed by atoms with van der Waals surface area (Å²) < 4.78 is 11.2. The Labute approximate surface area is 263 Å². The SMILES string of the molecule is C[C@@H](NC(=O)CN1CCN(CC(=O)OC(C)(C)C)CCNCCN(CC(=O)OC(C)(C)C)CC1)c1cccc2ccccc12. The van der Waals surface area contributed by atoms with E-state index < -0.39 is 11.2 Å². The summed E-state index contributed by atoms with van der Waals surface area (Å²) in [5, 5.41) is 8.89. The van der Waals surface area contributed by atoms with Gasteiger partial charge in [0.05, 0.1) is 25.7 Å². The second-order valence-corrected chi connectivity index (χ2v) is 13.6. The minimum Gasteiger partial charge on any atom is -0.459 e. The van der Waals surface area contributed by atoms with Crippen LogP contribution in [0.1, 0.15) is 60.1 Å². The number of esters is 2. The van der Waals surface area contributed by atoms with Crippen LogP contribution in [-0.2, 0) is 23.9 Å². The fourth-order valence-corrected chi connectivity index (χ4v) is 5.28. The zero-order valence-corrected chi connectivity index (χ0v) is 27.8. The van der Waals surface area contributed by atoms with E-state index in [0.29, 0.717) is 52.4 Å². The Bertz CT molecular complexity index is 1190. The molecule has 0 radical (unpaired) electrons. The Morgan fingerprint density at radius 1 is 0.727 bits per heavy atom. The lowest BCUT2D eigenvalue weighted by atomic mass is 10.00. The molecule has 1 aliphatic rings. The lowest BCUT2D eigenvalue weighted by molar-refractivity contribution is -0.157. The molecule has 10 nitrogen and oxygen atoms in total. The van der Waals surface area contributed by atoms with E-state index in [1.807, 2.05) is 66.7 Å². The van der Waals surface area contributed by atoms with Gasteiger partial charge < -0.3 is 20.1 Å². The predicted molar refractivity (Wildman–Crippen MR) is 174 cm³/mol. The zero-order valence-electron chi connectivity index (χ0n) is 27.8. The first-order chi connectivity index (χ1) is 20.7. The molecule has 10 heteroatoms. The lowest BCUT2D eigenvalue weighted by Crippen LogP contribution is -2.49. The first-order valence-electron chi connectivity index (χ1n) is 15.8. The maximum Gasteiger partial charge on any atom is 0.320 e. The van der Waals surface area contributed by atoms with Gasteiger partial charge in [0, 0.05) is 52.4 Å². The summed E-state index contributed by atoms with van der Waals surface area (Å²) in [6.07, 6.45) is 0. The number of hydrogen-bond acceptors (Lipinski definition) is 9. The van der Waals surface area contributed by atoms with Crippen LogP contribution in [-0.4, -0.2) is 116 Å². The van der Waals surface area contributed by atoms with E-state index in [0.717, 1.165) is 16.3 Å². The molecule has 1 saturated heterocycles. The Balaban J connectivity index is 1.70. The molecule has 0 unspecified atom stereocenters. The van der Waals surface area contributed by atoms with Gasteiger partial charge in [-0.3, -0.25) is 29.1 Å². The van der Waals surface area contributed by atoms with Gasteiger partial charge in [-0.05, 0) is 64.8 Å². The molecule has 1 fully saturated rings. The highest BCUT2D eigenvalue weighted by molar-refractivity contribution is 5.87. The third-order valence-corrected chi connectivity index (χ3v) is 7.25. The molecule has 1 aliphatic heterocycles. The number of nitrogens with zero attached hydrogens (tertiary/aromatic N) is 3. The van der Waals surface area contributed by atoms with Gasteiger partial charge >= 0.3 is 11.9 Å². The van der Waals surface area contributed by atoms with Crippen molar-refractivity contribution in [2.45, 2.75) is 65.7 Å². The lowest BCUT2D eigenvalue weighted by Gasteiger charge is -2.32. The molecular formula is C34H53N5O5. The van der Waals surface area contributed by atoms with Crippen LogP contribution in [0.2, 0.25) is 0 Å². The summed E-state index contributed by atoms with van der Waals surface area (Å²) in [6, 6.07) is 14.2. The molecule has 1 amide bonds. The topological polar surface area (TPSA) is 103 Å². The molecule has 2 aromatic carbocycles. The number of hydrogen-bond donors (Lipinski definition) is 2. The van der Waals surface area contributed by atoms with Crippen molar-refractivity contribution in [3.05, 3.63) is 48.0 Å². The minimum atomic E-state index is -0.551. The van der Waals surface area contributed by atoms with E-state index in [9.17, 15) is 14.4 Å². The second kappa shape index (κ2) is 16.3. The molecule has 0 saturated carbocycles. The summed E-state index contributed by atoms with van der Waals surface area (Å²) in [7, 11) is 0. The number of fused-ring (bicyclic) bond motifs is 1. The number of amides is 1. The standard InChI is InChI=1S/C34H53N5O5/c1-26(28-14-10-12-27-11-8-9-13-29(27)28)36-30(40)23-39-21-19-37(24-31(41)43-33(2,3)4)17-15-35-16-18-38(20-22-39)25-32(42)44-34(5,6)7/h8-14,26,35H,15-25H2,1-7H3,(H,36,40)/t26-/m1/s1. The van der Waals surface area contributed by atoms with E-state index in [1.165, 1.54) is 0 Å². The molecule has 0 aromatic heterocycles.